The van der Waals surface area contributed by atoms with E-state index in [1.54, 1.807) is 12.1 Å². The van der Waals surface area contributed by atoms with Crippen LogP contribution in [0, 0.1) is 12.8 Å². The Balaban J connectivity index is 1.17. The maximum absolute atomic E-state index is 13.2. The quantitative estimate of drug-likeness (QED) is 0.460. The number of hydrogen-bond acceptors (Lipinski definition) is 4. The topological polar surface area (TPSA) is 84.3 Å². The molecule has 1 aliphatic rings. The first-order valence-corrected chi connectivity index (χ1v) is 13.1. The Labute approximate surface area is 199 Å². The number of fused-ring (bicyclic) bond motifs is 2. The lowest BCUT2D eigenvalue weighted by molar-refractivity contribution is -0.126. The maximum Gasteiger partial charge on any atom is 0.243 e. The number of aryl methyl sites for hydroxylation is 1. The molecular weight excluding hydrogens is 448 g/mol. The fraction of sp³-hybridized carbons (Fsp3) is 0.308. The van der Waals surface area contributed by atoms with Crippen LogP contribution >= 0.6 is 0 Å². The lowest BCUT2D eigenvalue weighted by Gasteiger charge is -2.30. The summed E-state index contributed by atoms with van der Waals surface area (Å²) in [5.41, 5.74) is 2.01. The zero-order valence-electron chi connectivity index (χ0n) is 19.1. The van der Waals surface area contributed by atoms with Gasteiger partial charge in [-0.2, -0.15) is 4.31 Å². The van der Waals surface area contributed by atoms with Crippen molar-refractivity contribution < 1.29 is 13.2 Å². The summed E-state index contributed by atoms with van der Waals surface area (Å²) in [6, 6.07) is 20.9. The zero-order valence-corrected chi connectivity index (χ0v) is 20.0. The van der Waals surface area contributed by atoms with Gasteiger partial charge >= 0.3 is 0 Å². The molecule has 5 rings (SSSR count). The van der Waals surface area contributed by atoms with Gasteiger partial charge in [0.15, 0.2) is 0 Å². The minimum Gasteiger partial charge on any atom is -0.354 e. The zero-order chi connectivity index (χ0) is 23.7. The molecule has 7 nitrogen and oxygen atoms in total. The summed E-state index contributed by atoms with van der Waals surface area (Å²) in [6.45, 7) is 3.81. The van der Waals surface area contributed by atoms with Crippen LogP contribution in [0.2, 0.25) is 0 Å². The van der Waals surface area contributed by atoms with Crippen molar-refractivity contribution in [3.63, 3.8) is 0 Å². The van der Waals surface area contributed by atoms with Crippen LogP contribution in [0.25, 0.3) is 21.8 Å². The molecule has 1 amide bonds. The fourth-order valence-corrected chi connectivity index (χ4v) is 6.25. The Morgan fingerprint density at radius 3 is 2.50 bits per heavy atom. The number of rotatable bonds is 6. The highest BCUT2D eigenvalue weighted by molar-refractivity contribution is 7.89. The summed E-state index contributed by atoms with van der Waals surface area (Å²) in [5, 5.41) is 4.94. The number of nitrogens with one attached hydrogen (secondary N) is 1. The molecule has 2 heterocycles. The minimum absolute atomic E-state index is 0.00942. The molecule has 0 saturated carbocycles. The molecular formula is C26H28N4O3S. The van der Waals surface area contributed by atoms with Gasteiger partial charge in [0, 0.05) is 32.1 Å². The molecule has 0 spiro atoms. The summed E-state index contributed by atoms with van der Waals surface area (Å²) >= 11 is 0. The molecule has 8 heteroatoms. The van der Waals surface area contributed by atoms with E-state index < -0.39 is 10.0 Å². The second-order valence-electron chi connectivity index (χ2n) is 8.78. The summed E-state index contributed by atoms with van der Waals surface area (Å²) in [5.74, 6) is 0.733. The molecule has 0 unspecified atom stereocenters. The molecule has 4 aromatic rings. The van der Waals surface area contributed by atoms with Gasteiger partial charge in [-0.1, -0.05) is 42.5 Å². The number of hydrogen-bond donors (Lipinski definition) is 1. The molecule has 34 heavy (non-hydrogen) atoms. The molecule has 176 valence electrons. The first kappa shape index (κ1) is 22.6. The number of carbonyl (C=O) groups excluding carboxylic acids is 1. The van der Waals surface area contributed by atoms with E-state index in [4.69, 9.17) is 0 Å². The molecule has 1 aromatic heterocycles. The van der Waals surface area contributed by atoms with E-state index in [1.807, 2.05) is 61.5 Å². The van der Waals surface area contributed by atoms with Crippen molar-refractivity contribution >= 4 is 37.7 Å². The lowest BCUT2D eigenvalue weighted by atomic mass is 9.97. The number of benzene rings is 3. The number of piperidine rings is 1. The van der Waals surface area contributed by atoms with Crippen molar-refractivity contribution in [3.8, 4) is 0 Å². The van der Waals surface area contributed by atoms with Gasteiger partial charge in [-0.25, -0.2) is 13.4 Å². The van der Waals surface area contributed by atoms with Gasteiger partial charge in [-0.15, -0.1) is 0 Å². The van der Waals surface area contributed by atoms with Gasteiger partial charge in [-0.3, -0.25) is 4.79 Å². The van der Waals surface area contributed by atoms with Crippen molar-refractivity contribution in [2.45, 2.75) is 31.2 Å². The highest BCUT2D eigenvalue weighted by atomic mass is 32.2. The number of sulfonamides is 1. The van der Waals surface area contributed by atoms with Gasteiger partial charge in [0.2, 0.25) is 15.9 Å². The summed E-state index contributed by atoms with van der Waals surface area (Å²) in [6.07, 6.45) is 1.04. The first-order chi connectivity index (χ1) is 16.4. The van der Waals surface area contributed by atoms with Crippen LogP contribution in [0.5, 0.6) is 0 Å². The Morgan fingerprint density at radius 2 is 1.71 bits per heavy atom. The molecule has 1 aliphatic heterocycles. The van der Waals surface area contributed by atoms with Gasteiger partial charge < -0.3 is 9.88 Å². The third kappa shape index (κ3) is 4.31. The summed E-state index contributed by atoms with van der Waals surface area (Å²) in [7, 11) is -3.58. The number of nitrogens with zero attached hydrogens (tertiary/aromatic N) is 3. The van der Waals surface area contributed by atoms with Crippen molar-refractivity contribution in [3.05, 3.63) is 72.6 Å². The van der Waals surface area contributed by atoms with E-state index in [-0.39, 0.29) is 11.8 Å². The Kier molecular flexibility index (Phi) is 6.10. The van der Waals surface area contributed by atoms with E-state index in [0.29, 0.717) is 43.9 Å². The van der Waals surface area contributed by atoms with E-state index in [2.05, 4.69) is 14.9 Å². The Morgan fingerprint density at radius 1 is 1.00 bits per heavy atom. The van der Waals surface area contributed by atoms with E-state index in [1.165, 1.54) is 4.31 Å². The first-order valence-electron chi connectivity index (χ1n) is 11.6. The third-order valence-corrected chi connectivity index (χ3v) is 8.56. The Hall–Kier alpha value is -3.23. The number of aromatic nitrogens is 2. The molecule has 0 bridgehead atoms. The van der Waals surface area contributed by atoms with E-state index >= 15 is 0 Å². The molecule has 1 saturated heterocycles. The highest BCUT2D eigenvalue weighted by Crippen LogP contribution is 2.26. The Bertz CT molecular complexity index is 1450. The van der Waals surface area contributed by atoms with Gasteiger partial charge in [0.05, 0.1) is 15.9 Å². The molecule has 0 aliphatic carbocycles. The second-order valence-corrected chi connectivity index (χ2v) is 10.7. The maximum atomic E-state index is 13.2. The number of para-hydroxylation sites is 2. The van der Waals surface area contributed by atoms with Crippen molar-refractivity contribution in [1.29, 1.82) is 0 Å². The van der Waals surface area contributed by atoms with Crippen LogP contribution in [-0.4, -0.2) is 47.8 Å². The van der Waals surface area contributed by atoms with Crippen LogP contribution in [-0.2, 0) is 21.4 Å². The van der Waals surface area contributed by atoms with E-state index in [0.717, 1.165) is 27.6 Å². The second kappa shape index (κ2) is 9.19. The molecule has 1 fully saturated rings. The minimum atomic E-state index is -3.58. The summed E-state index contributed by atoms with van der Waals surface area (Å²) < 4.78 is 29.9. The van der Waals surface area contributed by atoms with Crippen LogP contribution in [0.1, 0.15) is 18.7 Å². The van der Waals surface area contributed by atoms with Gasteiger partial charge in [0.1, 0.15) is 5.82 Å². The average Bonchev–Trinajstić information content (AvgIpc) is 3.18. The summed E-state index contributed by atoms with van der Waals surface area (Å²) in [4.78, 5) is 17.6. The SMILES string of the molecule is Cc1nc2ccccc2n1CCNC(=O)C1CCN(S(=O)(=O)c2ccc3ccccc3c2)CC1. The molecule has 1 N–H and O–H groups in total. The normalized spacial score (nSPS) is 15.7. The monoisotopic (exact) mass is 476 g/mol. The standard InChI is InChI=1S/C26H28N4O3S/c1-19-28-24-8-4-5-9-25(24)30(19)17-14-27-26(31)21-12-15-29(16-13-21)34(32,33)23-11-10-20-6-2-3-7-22(20)18-23/h2-11,18,21H,12-17H2,1H3,(H,27,31). The molecule has 3 aromatic carbocycles. The van der Waals surface area contributed by atoms with Crippen molar-refractivity contribution in [2.24, 2.45) is 5.92 Å². The van der Waals surface area contributed by atoms with Crippen LogP contribution < -0.4 is 5.32 Å². The van der Waals surface area contributed by atoms with E-state index in [9.17, 15) is 13.2 Å². The lowest BCUT2D eigenvalue weighted by Crippen LogP contribution is -2.43. The van der Waals surface area contributed by atoms with Gasteiger partial charge in [0.25, 0.3) is 0 Å². The molecule has 0 atom stereocenters. The predicted octanol–water partition coefficient (Wildman–Crippen LogP) is 3.72. The van der Waals surface area contributed by atoms with Crippen LogP contribution in [0.15, 0.2) is 71.6 Å². The fourth-order valence-electron chi connectivity index (χ4n) is 4.75. The van der Waals surface area contributed by atoms with Gasteiger partial charge in [-0.05, 0) is 54.8 Å². The average molecular weight is 477 g/mol. The number of carbonyl (C=O) groups is 1. The smallest absolute Gasteiger partial charge is 0.243 e. The number of imidazole rings is 1. The predicted molar refractivity (Wildman–Crippen MR) is 133 cm³/mol. The number of amides is 1. The van der Waals surface area contributed by atoms with Crippen LogP contribution in [0.3, 0.4) is 0 Å². The highest BCUT2D eigenvalue weighted by Gasteiger charge is 2.32. The molecule has 0 radical (unpaired) electrons. The van der Waals surface area contributed by atoms with Crippen LogP contribution in [0.4, 0.5) is 0 Å². The van der Waals surface area contributed by atoms with Crippen molar-refractivity contribution in [2.75, 3.05) is 19.6 Å². The largest absolute Gasteiger partial charge is 0.354 e. The van der Waals surface area contributed by atoms with Crippen molar-refractivity contribution in [1.82, 2.24) is 19.2 Å². The third-order valence-electron chi connectivity index (χ3n) is 6.66.